The number of nitrogens with zero attached hydrogens (tertiary/aromatic N) is 1. The molecule has 1 fully saturated rings. The molecule has 2 amide bonds. The number of likely N-dealkylation sites (tertiary alicyclic amines) is 1. The molecule has 0 unspecified atom stereocenters. The molecule has 1 rings (SSSR count). The van der Waals surface area contributed by atoms with E-state index in [4.69, 9.17) is 5.73 Å². The molecule has 0 aromatic carbocycles. The number of primary amides is 1. The molecule has 1 aliphatic rings. The van der Waals surface area contributed by atoms with Crippen molar-refractivity contribution in [2.75, 3.05) is 13.1 Å². The Bertz CT molecular complexity index is 233. The second-order valence-electron chi connectivity index (χ2n) is 4.38. The van der Waals surface area contributed by atoms with Crippen LogP contribution >= 0.6 is 0 Å². The lowest BCUT2D eigenvalue weighted by Crippen LogP contribution is -2.37. The molecule has 0 aromatic rings. The first kappa shape index (κ1) is 12.0. The molecule has 0 aromatic heterocycles. The number of carbonyl (C=O) groups is 2. The van der Waals surface area contributed by atoms with E-state index >= 15 is 0 Å². The summed E-state index contributed by atoms with van der Waals surface area (Å²) < 4.78 is 0. The molecule has 86 valence electrons. The maximum atomic E-state index is 11.7. The minimum absolute atomic E-state index is 0.170. The van der Waals surface area contributed by atoms with Crippen molar-refractivity contribution in [1.82, 2.24) is 4.90 Å². The molecule has 1 saturated heterocycles. The van der Waals surface area contributed by atoms with Gasteiger partial charge in [-0.1, -0.05) is 6.92 Å². The van der Waals surface area contributed by atoms with Crippen LogP contribution in [0.5, 0.6) is 0 Å². The lowest BCUT2D eigenvalue weighted by molar-refractivity contribution is -0.132. The van der Waals surface area contributed by atoms with Crippen molar-refractivity contribution in [2.45, 2.75) is 39.0 Å². The zero-order valence-corrected chi connectivity index (χ0v) is 9.37. The third-order valence-corrected chi connectivity index (χ3v) is 2.95. The van der Waals surface area contributed by atoms with Gasteiger partial charge >= 0.3 is 0 Å². The van der Waals surface area contributed by atoms with Gasteiger partial charge in [-0.05, 0) is 25.2 Å². The Morgan fingerprint density at radius 1 is 1.27 bits per heavy atom. The van der Waals surface area contributed by atoms with Gasteiger partial charge < -0.3 is 10.6 Å². The molecule has 4 nitrogen and oxygen atoms in total. The monoisotopic (exact) mass is 212 g/mol. The zero-order chi connectivity index (χ0) is 11.3. The highest BCUT2D eigenvalue weighted by atomic mass is 16.2. The highest BCUT2D eigenvalue weighted by Crippen LogP contribution is 2.16. The van der Waals surface area contributed by atoms with E-state index in [1.54, 1.807) is 0 Å². The second-order valence-corrected chi connectivity index (χ2v) is 4.38. The van der Waals surface area contributed by atoms with Crippen molar-refractivity contribution < 1.29 is 9.59 Å². The van der Waals surface area contributed by atoms with Crippen LogP contribution in [0.25, 0.3) is 0 Å². The first-order valence-electron chi connectivity index (χ1n) is 5.65. The van der Waals surface area contributed by atoms with Gasteiger partial charge in [0, 0.05) is 25.9 Å². The molecule has 15 heavy (non-hydrogen) atoms. The molecule has 1 heterocycles. The first-order valence-corrected chi connectivity index (χ1v) is 5.65. The Hall–Kier alpha value is -1.06. The highest BCUT2D eigenvalue weighted by Gasteiger charge is 2.19. The highest BCUT2D eigenvalue weighted by molar-refractivity contribution is 5.78. The summed E-state index contributed by atoms with van der Waals surface area (Å²) in [6.45, 7) is 3.96. The van der Waals surface area contributed by atoms with Crippen LogP contribution in [0.3, 0.4) is 0 Å². The van der Waals surface area contributed by atoms with E-state index < -0.39 is 0 Å². The summed E-state index contributed by atoms with van der Waals surface area (Å²) in [6, 6.07) is 0. The van der Waals surface area contributed by atoms with E-state index in [0.717, 1.165) is 31.8 Å². The molecule has 0 spiro atoms. The van der Waals surface area contributed by atoms with Crippen LogP contribution in [-0.2, 0) is 9.59 Å². The average Bonchev–Trinajstić information content (AvgIpc) is 2.18. The Kier molecular flexibility index (Phi) is 4.59. The maximum absolute atomic E-state index is 11.7. The van der Waals surface area contributed by atoms with Gasteiger partial charge in [-0.15, -0.1) is 0 Å². The van der Waals surface area contributed by atoms with Crippen LogP contribution in [0.4, 0.5) is 0 Å². The number of nitrogens with two attached hydrogens (primary N) is 1. The molecule has 0 saturated carbocycles. The number of piperidine rings is 1. The molecule has 0 atom stereocenters. The fourth-order valence-corrected chi connectivity index (χ4v) is 1.83. The van der Waals surface area contributed by atoms with Gasteiger partial charge in [0.15, 0.2) is 0 Å². The van der Waals surface area contributed by atoms with Gasteiger partial charge in [-0.25, -0.2) is 0 Å². The van der Waals surface area contributed by atoms with Crippen LogP contribution < -0.4 is 5.73 Å². The van der Waals surface area contributed by atoms with Crippen LogP contribution in [0.2, 0.25) is 0 Å². The summed E-state index contributed by atoms with van der Waals surface area (Å²) in [5.41, 5.74) is 5.01. The van der Waals surface area contributed by atoms with Crippen LogP contribution in [0, 0.1) is 5.92 Å². The quantitative estimate of drug-likeness (QED) is 0.752. The lowest BCUT2D eigenvalue weighted by atomic mass is 9.99. The number of carbonyl (C=O) groups excluding carboxylic acids is 2. The summed E-state index contributed by atoms with van der Waals surface area (Å²) >= 11 is 0. The van der Waals surface area contributed by atoms with Gasteiger partial charge in [0.05, 0.1) is 0 Å². The first-order chi connectivity index (χ1) is 7.09. The van der Waals surface area contributed by atoms with Gasteiger partial charge in [-0.2, -0.15) is 0 Å². The average molecular weight is 212 g/mol. The zero-order valence-electron chi connectivity index (χ0n) is 9.37. The van der Waals surface area contributed by atoms with Gasteiger partial charge in [-0.3, -0.25) is 9.59 Å². The Balaban J connectivity index is 2.19. The van der Waals surface area contributed by atoms with Gasteiger partial charge in [0.1, 0.15) is 0 Å². The standard InChI is InChI=1S/C11H20N2O2/c1-9-5-7-13(8-6-9)11(15)4-2-3-10(12)14/h9H,2-8H2,1H3,(H2,12,14). The van der Waals surface area contributed by atoms with E-state index in [1.165, 1.54) is 0 Å². The van der Waals surface area contributed by atoms with Crippen molar-refractivity contribution in [3.05, 3.63) is 0 Å². The minimum atomic E-state index is -0.324. The Morgan fingerprint density at radius 3 is 2.40 bits per heavy atom. The number of rotatable bonds is 4. The third kappa shape index (κ3) is 4.32. The molecular weight excluding hydrogens is 192 g/mol. The Labute approximate surface area is 90.8 Å². The largest absolute Gasteiger partial charge is 0.370 e. The van der Waals surface area contributed by atoms with E-state index in [9.17, 15) is 9.59 Å². The van der Waals surface area contributed by atoms with Crippen molar-refractivity contribution in [3.63, 3.8) is 0 Å². The van der Waals surface area contributed by atoms with E-state index in [-0.39, 0.29) is 11.8 Å². The summed E-state index contributed by atoms with van der Waals surface area (Å²) in [4.78, 5) is 24.1. The minimum Gasteiger partial charge on any atom is -0.370 e. The number of hydrogen-bond acceptors (Lipinski definition) is 2. The molecule has 2 N–H and O–H groups in total. The molecule has 0 radical (unpaired) electrons. The smallest absolute Gasteiger partial charge is 0.222 e. The molecule has 0 aliphatic carbocycles. The van der Waals surface area contributed by atoms with E-state index in [2.05, 4.69) is 6.92 Å². The predicted molar refractivity (Wildman–Crippen MR) is 58.0 cm³/mol. The fourth-order valence-electron chi connectivity index (χ4n) is 1.83. The van der Waals surface area contributed by atoms with Gasteiger partial charge in [0.2, 0.25) is 11.8 Å². The van der Waals surface area contributed by atoms with Gasteiger partial charge in [0.25, 0.3) is 0 Å². The van der Waals surface area contributed by atoms with E-state index in [1.807, 2.05) is 4.90 Å². The number of amides is 2. The van der Waals surface area contributed by atoms with Crippen molar-refractivity contribution in [3.8, 4) is 0 Å². The summed E-state index contributed by atoms with van der Waals surface area (Å²) in [5.74, 6) is 0.581. The molecular formula is C11H20N2O2. The SMILES string of the molecule is CC1CCN(C(=O)CCCC(N)=O)CC1. The molecule has 4 heteroatoms. The van der Waals surface area contributed by atoms with Crippen LogP contribution in [0.1, 0.15) is 39.0 Å². The lowest BCUT2D eigenvalue weighted by Gasteiger charge is -2.30. The third-order valence-electron chi connectivity index (χ3n) is 2.95. The summed E-state index contributed by atoms with van der Waals surface area (Å²) in [7, 11) is 0. The topological polar surface area (TPSA) is 63.4 Å². The van der Waals surface area contributed by atoms with Crippen molar-refractivity contribution in [2.24, 2.45) is 11.7 Å². The summed E-state index contributed by atoms with van der Waals surface area (Å²) in [6.07, 6.45) is 3.55. The normalized spacial score (nSPS) is 17.8. The van der Waals surface area contributed by atoms with E-state index in [0.29, 0.717) is 19.3 Å². The predicted octanol–water partition coefficient (Wildman–Crippen LogP) is 0.900. The van der Waals surface area contributed by atoms with Crippen LogP contribution in [0.15, 0.2) is 0 Å². The second kappa shape index (κ2) is 5.73. The van der Waals surface area contributed by atoms with Crippen molar-refractivity contribution >= 4 is 11.8 Å². The summed E-state index contributed by atoms with van der Waals surface area (Å²) in [5, 5.41) is 0. The maximum Gasteiger partial charge on any atom is 0.222 e. The molecule has 1 aliphatic heterocycles. The molecule has 0 bridgehead atoms. The van der Waals surface area contributed by atoms with Crippen LogP contribution in [-0.4, -0.2) is 29.8 Å². The van der Waals surface area contributed by atoms with Crippen molar-refractivity contribution in [1.29, 1.82) is 0 Å². The number of hydrogen-bond donors (Lipinski definition) is 1. The Morgan fingerprint density at radius 2 is 1.87 bits per heavy atom. The fraction of sp³-hybridized carbons (Fsp3) is 0.818.